The second-order valence-corrected chi connectivity index (χ2v) is 6.50. The van der Waals surface area contributed by atoms with Crippen molar-refractivity contribution in [2.75, 3.05) is 6.61 Å². The zero-order valence-electron chi connectivity index (χ0n) is 16.5. The zero-order chi connectivity index (χ0) is 20.3. The Morgan fingerprint density at radius 3 is 2.66 bits per heavy atom. The highest BCUT2D eigenvalue weighted by Crippen LogP contribution is 2.31. The van der Waals surface area contributed by atoms with Gasteiger partial charge in [-0.25, -0.2) is 4.98 Å². The number of carbonyl (C=O) groups excluding carboxylic acids is 1. The molecule has 0 aliphatic carbocycles. The summed E-state index contributed by atoms with van der Waals surface area (Å²) >= 11 is 0. The van der Waals surface area contributed by atoms with Crippen molar-refractivity contribution in [1.82, 2.24) is 15.3 Å². The van der Waals surface area contributed by atoms with Crippen molar-refractivity contribution in [2.24, 2.45) is 0 Å². The van der Waals surface area contributed by atoms with Gasteiger partial charge in [-0.15, -0.1) is 0 Å². The molecule has 0 fully saturated rings. The molecule has 1 N–H and O–H groups in total. The van der Waals surface area contributed by atoms with Crippen LogP contribution in [0.15, 0.2) is 67.1 Å². The number of ether oxygens (including phenoxy) is 2. The molecule has 0 spiro atoms. The van der Waals surface area contributed by atoms with Crippen molar-refractivity contribution in [1.29, 1.82) is 0 Å². The van der Waals surface area contributed by atoms with Crippen LogP contribution in [-0.4, -0.2) is 22.5 Å². The van der Waals surface area contributed by atoms with Gasteiger partial charge in [0.05, 0.1) is 6.61 Å². The van der Waals surface area contributed by atoms with Crippen LogP contribution in [0.4, 0.5) is 0 Å². The first-order valence-electron chi connectivity index (χ1n) is 9.75. The smallest absolute Gasteiger partial charge is 0.224 e. The molecule has 2 aromatic heterocycles. The van der Waals surface area contributed by atoms with Gasteiger partial charge in [-0.2, -0.15) is 0 Å². The quantitative estimate of drug-likeness (QED) is 0.558. The molecule has 2 heterocycles. The van der Waals surface area contributed by atoms with Gasteiger partial charge < -0.3 is 14.8 Å². The molecule has 0 unspecified atom stereocenters. The number of hydrogen-bond acceptors (Lipinski definition) is 5. The van der Waals surface area contributed by atoms with Crippen LogP contribution < -0.4 is 14.8 Å². The maximum absolute atomic E-state index is 12.2. The summed E-state index contributed by atoms with van der Waals surface area (Å²) in [4.78, 5) is 20.6. The lowest BCUT2D eigenvalue weighted by Crippen LogP contribution is -2.23. The molecule has 6 nitrogen and oxygen atoms in total. The van der Waals surface area contributed by atoms with Gasteiger partial charge in [0.15, 0.2) is 11.5 Å². The van der Waals surface area contributed by atoms with E-state index in [-0.39, 0.29) is 5.91 Å². The summed E-state index contributed by atoms with van der Waals surface area (Å²) in [6.07, 6.45) is 7.12. The van der Waals surface area contributed by atoms with E-state index in [1.807, 2.05) is 48.5 Å². The number of amides is 1. The van der Waals surface area contributed by atoms with Crippen molar-refractivity contribution in [3.05, 3.63) is 78.2 Å². The van der Waals surface area contributed by atoms with Crippen LogP contribution in [0.5, 0.6) is 17.4 Å². The monoisotopic (exact) mass is 391 g/mol. The van der Waals surface area contributed by atoms with Crippen LogP contribution in [0.2, 0.25) is 0 Å². The zero-order valence-corrected chi connectivity index (χ0v) is 16.5. The molecule has 150 valence electrons. The summed E-state index contributed by atoms with van der Waals surface area (Å²) in [7, 11) is 0. The second kappa shape index (κ2) is 10.8. The summed E-state index contributed by atoms with van der Waals surface area (Å²) < 4.78 is 11.7. The number of carbonyl (C=O) groups is 1. The van der Waals surface area contributed by atoms with Gasteiger partial charge in [-0.05, 0) is 42.7 Å². The Balaban J connectivity index is 1.60. The van der Waals surface area contributed by atoms with E-state index in [2.05, 4.69) is 22.2 Å². The van der Waals surface area contributed by atoms with Crippen molar-refractivity contribution >= 4 is 5.91 Å². The molecule has 0 radical (unpaired) electrons. The maximum Gasteiger partial charge on any atom is 0.224 e. The van der Waals surface area contributed by atoms with Gasteiger partial charge in [0.2, 0.25) is 11.8 Å². The normalized spacial score (nSPS) is 10.4. The first kappa shape index (κ1) is 20.3. The van der Waals surface area contributed by atoms with Gasteiger partial charge in [-0.1, -0.05) is 31.2 Å². The van der Waals surface area contributed by atoms with Crippen molar-refractivity contribution in [3.8, 4) is 17.4 Å². The summed E-state index contributed by atoms with van der Waals surface area (Å²) in [6, 6.07) is 15.0. The number of nitrogens with one attached hydrogen (secondary N) is 1. The molecular weight excluding hydrogens is 366 g/mol. The predicted octanol–water partition coefficient (Wildman–Crippen LogP) is 4.31. The second-order valence-electron chi connectivity index (χ2n) is 6.50. The Labute approximate surface area is 170 Å². The fraction of sp³-hybridized carbons (Fsp3) is 0.261. The van der Waals surface area contributed by atoms with Gasteiger partial charge in [0.25, 0.3) is 0 Å². The molecular formula is C23H25N3O3. The van der Waals surface area contributed by atoms with E-state index >= 15 is 0 Å². The highest BCUT2D eigenvalue weighted by Gasteiger charge is 2.11. The van der Waals surface area contributed by atoms with Gasteiger partial charge in [0.1, 0.15) is 0 Å². The Bertz CT molecular complexity index is 916. The Morgan fingerprint density at radius 2 is 1.86 bits per heavy atom. The Hall–Kier alpha value is -3.41. The van der Waals surface area contributed by atoms with Gasteiger partial charge in [0, 0.05) is 37.1 Å². The van der Waals surface area contributed by atoms with Crippen LogP contribution in [0.1, 0.15) is 30.9 Å². The molecule has 1 amide bonds. The van der Waals surface area contributed by atoms with E-state index in [0.29, 0.717) is 43.4 Å². The van der Waals surface area contributed by atoms with E-state index in [0.717, 1.165) is 17.5 Å². The molecule has 29 heavy (non-hydrogen) atoms. The number of benzene rings is 1. The first-order valence-corrected chi connectivity index (χ1v) is 9.75. The minimum Gasteiger partial charge on any atom is -0.490 e. The predicted molar refractivity (Wildman–Crippen MR) is 111 cm³/mol. The molecule has 3 rings (SSSR count). The number of para-hydroxylation sites is 2. The maximum atomic E-state index is 12.2. The number of nitrogens with zero attached hydrogens (tertiary/aromatic N) is 2. The number of hydrogen-bond donors (Lipinski definition) is 1. The van der Waals surface area contributed by atoms with Gasteiger partial charge >= 0.3 is 0 Å². The molecule has 3 aromatic rings. The van der Waals surface area contributed by atoms with E-state index in [1.165, 1.54) is 0 Å². The molecule has 6 heteroatoms. The lowest BCUT2D eigenvalue weighted by Gasteiger charge is -2.14. The van der Waals surface area contributed by atoms with E-state index in [9.17, 15) is 4.79 Å². The minimum absolute atomic E-state index is 0.0321. The fourth-order valence-electron chi connectivity index (χ4n) is 2.71. The Kier molecular flexibility index (Phi) is 7.57. The third-order valence-electron chi connectivity index (χ3n) is 4.21. The van der Waals surface area contributed by atoms with Crippen molar-refractivity contribution in [3.63, 3.8) is 0 Å². The Morgan fingerprint density at radius 1 is 1.03 bits per heavy atom. The van der Waals surface area contributed by atoms with Crippen LogP contribution in [0, 0.1) is 0 Å². The molecule has 0 saturated carbocycles. The highest BCUT2D eigenvalue weighted by molar-refractivity contribution is 5.76. The number of rotatable bonds is 10. The SMILES string of the molecule is CCCOc1ccccc1Oc1ncccc1CNC(=O)CCc1cccnc1. The van der Waals surface area contributed by atoms with E-state index in [4.69, 9.17) is 9.47 Å². The third kappa shape index (κ3) is 6.31. The molecule has 0 saturated heterocycles. The standard InChI is InChI=1S/C23H25N3O3/c1-2-15-28-20-9-3-4-10-21(20)29-23-19(8-6-14-25-23)17-26-22(27)12-11-18-7-5-13-24-16-18/h3-10,13-14,16H,2,11-12,15,17H2,1H3,(H,26,27). The summed E-state index contributed by atoms with van der Waals surface area (Å²) in [5, 5.41) is 2.93. The third-order valence-corrected chi connectivity index (χ3v) is 4.21. The largest absolute Gasteiger partial charge is 0.490 e. The van der Waals surface area contributed by atoms with E-state index in [1.54, 1.807) is 18.6 Å². The highest BCUT2D eigenvalue weighted by atomic mass is 16.5. The molecule has 0 aliphatic rings. The van der Waals surface area contributed by atoms with Crippen molar-refractivity contribution in [2.45, 2.75) is 32.7 Å². The summed E-state index contributed by atoms with van der Waals surface area (Å²) in [6.45, 7) is 3.01. The number of aromatic nitrogens is 2. The average molecular weight is 391 g/mol. The first-order chi connectivity index (χ1) is 14.3. The molecule has 0 aliphatic heterocycles. The number of aryl methyl sites for hydroxylation is 1. The van der Waals surface area contributed by atoms with Crippen LogP contribution in [-0.2, 0) is 17.8 Å². The molecule has 1 aromatic carbocycles. The van der Waals surface area contributed by atoms with E-state index < -0.39 is 0 Å². The van der Waals surface area contributed by atoms with Crippen LogP contribution in [0.3, 0.4) is 0 Å². The number of pyridine rings is 2. The summed E-state index contributed by atoms with van der Waals surface area (Å²) in [5.74, 6) is 1.69. The topological polar surface area (TPSA) is 73.3 Å². The lowest BCUT2D eigenvalue weighted by atomic mass is 10.1. The molecule has 0 atom stereocenters. The van der Waals surface area contributed by atoms with Crippen LogP contribution in [0.25, 0.3) is 0 Å². The van der Waals surface area contributed by atoms with Gasteiger partial charge in [-0.3, -0.25) is 9.78 Å². The fourth-order valence-corrected chi connectivity index (χ4v) is 2.71. The molecule has 0 bridgehead atoms. The minimum atomic E-state index is -0.0321. The summed E-state index contributed by atoms with van der Waals surface area (Å²) in [5.41, 5.74) is 1.84. The lowest BCUT2D eigenvalue weighted by molar-refractivity contribution is -0.121. The average Bonchev–Trinajstić information content (AvgIpc) is 2.77. The van der Waals surface area contributed by atoms with Crippen LogP contribution >= 0.6 is 0 Å². The van der Waals surface area contributed by atoms with Crippen molar-refractivity contribution < 1.29 is 14.3 Å².